The van der Waals surface area contributed by atoms with E-state index in [2.05, 4.69) is 25.1 Å². The highest BCUT2D eigenvalue weighted by Gasteiger charge is 2.30. The molecule has 2 aromatic rings. The number of piperidine rings is 1. The second kappa shape index (κ2) is 6.03. The van der Waals surface area contributed by atoms with Crippen molar-refractivity contribution in [1.82, 2.24) is 29.8 Å². The van der Waals surface area contributed by atoms with Gasteiger partial charge in [-0.3, -0.25) is 4.90 Å². The summed E-state index contributed by atoms with van der Waals surface area (Å²) in [6.45, 7) is 7.89. The Balaban J connectivity index is 1.35. The zero-order valence-corrected chi connectivity index (χ0v) is 13.9. The maximum atomic E-state index is 5.36. The molecule has 1 unspecified atom stereocenters. The molecule has 0 N–H and O–H groups in total. The van der Waals surface area contributed by atoms with Crippen LogP contribution >= 0.6 is 0 Å². The van der Waals surface area contributed by atoms with E-state index >= 15 is 0 Å². The Morgan fingerprint density at radius 2 is 2.04 bits per heavy atom. The fourth-order valence-corrected chi connectivity index (χ4v) is 3.45. The van der Waals surface area contributed by atoms with Crippen LogP contribution in [0.1, 0.15) is 55.0 Å². The summed E-state index contributed by atoms with van der Waals surface area (Å²) in [5.74, 6) is 4.67. The smallest absolute Gasteiger partial charge is 0.229 e. The van der Waals surface area contributed by atoms with Gasteiger partial charge in [-0.1, -0.05) is 5.16 Å². The van der Waals surface area contributed by atoms with Crippen LogP contribution in [0.4, 0.5) is 0 Å². The molecule has 4 rings (SSSR count). The van der Waals surface area contributed by atoms with E-state index in [1.807, 2.05) is 18.5 Å². The first kappa shape index (κ1) is 14.8. The largest absolute Gasteiger partial charge is 0.339 e. The van der Waals surface area contributed by atoms with Crippen LogP contribution in [0, 0.1) is 19.8 Å². The van der Waals surface area contributed by atoms with Gasteiger partial charge in [0.25, 0.3) is 0 Å². The quantitative estimate of drug-likeness (QED) is 0.841. The minimum Gasteiger partial charge on any atom is -0.339 e. The first-order valence-electron chi connectivity index (χ1n) is 8.60. The van der Waals surface area contributed by atoms with Crippen LogP contribution in [0.5, 0.6) is 0 Å². The first-order valence-corrected chi connectivity index (χ1v) is 8.60. The molecule has 23 heavy (non-hydrogen) atoms. The van der Waals surface area contributed by atoms with Crippen molar-refractivity contribution in [3.8, 4) is 0 Å². The van der Waals surface area contributed by atoms with Gasteiger partial charge >= 0.3 is 0 Å². The fraction of sp³-hybridized carbons (Fsp3) is 0.750. The van der Waals surface area contributed by atoms with Gasteiger partial charge in [-0.2, -0.15) is 10.1 Å². The van der Waals surface area contributed by atoms with Gasteiger partial charge in [-0.05, 0) is 52.0 Å². The highest BCUT2D eigenvalue weighted by Crippen LogP contribution is 2.38. The number of nitrogens with zero attached hydrogens (tertiary/aromatic N) is 6. The molecular formula is C16H24N6O. The minimum absolute atomic E-state index is 0.531. The number of aryl methyl sites for hydroxylation is 2. The zero-order valence-electron chi connectivity index (χ0n) is 13.9. The van der Waals surface area contributed by atoms with Gasteiger partial charge in [0, 0.05) is 19.0 Å². The number of rotatable bonds is 5. The molecule has 1 aliphatic carbocycles. The lowest BCUT2D eigenvalue weighted by Gasteiger charge is -2.31. The Hall–Kier alpha value is -1.76. The molecule has 2 aliphatic rings. The molecule has 1 saturated heterocycles. The Morgan fingerprint density at radius 3 is 2.78 bits per heavy atom. The predicted molar refractivity (Wildman–Crippen MR) is 83.8 cm³/mol. The highest BCUT2D eigenvalue weighted by molar-refractivity contribution is 5.01. The molecule has 7 heteroatoms. The molecule has 0 radical (unpaired) electrons. The first-order chi connectivity index (χ1) is 11.2. The van der Waals surface area contributed by atoms with E-state index < -0.39 is 0 Å². The summed E-state index contributed by atoms with van der Waals surface area (Å²) in [5, 5.41) is 8.63. The Morgan fingerprint density at radius 1 is 1.17 bits per heavy atom. The lowest BCUT2D eigenvalue weighted by Crippen LogP contribution is -2.37. The van der Waals surface area contributed by atoms with E-state index in [9.17, 15) is 0 Å². The normalized spacial score (nSPS) is 22.6. The third-order valence-electron chi connectivity index (χ3n) is 4.77. The number of hydrogen-bond donors (Lipinski definition) is 0. The van der Waals surface area contributed by atoms with Crippen LogP contribution in [-0.2, 0) is 13.1 Å². The van der Waals surface area contributed by atoms with Crippen molar-refractivity contribution < 1.29 is 4.52 Å². The van der Waals surface area contributed by atoms with E-state index in [1.165, 1.54) is 25.7 Å². The number of likely N-dealkylation sites (tertiary alicyclic amines) is 1. The standard InChI is InChI=1S/C16H24N6O/c1-11-17-12(2)22(19-11)9-13-4-3-7-21(8-13)10-15-18-16(23-20-15)14-5-6-14/h13-14H,3-10H2,1-2H3. The highest BCUT2D eigenvalue weighted by atomic mass is 16.5. The van der Waals surface area contributed by atoms with Crippen LogP contribution in [0.2, 0.25) is 0 Å². The predicted octanol–water partition coefficient (Wildman–Crippen LogP) is 2.07. The van der Waals surface area contributed by atoms with Gasteiger partial charge in [0.1, 0.15) is 11.6 Å². The molecule has 0 amide bonds. The molecule has 1 atom stereocenters. The van der Waals surface area contributed by atoms with Gasteiger partial charge in [0.15, 0.2) is 5.82 Å². The van der Waals surface area contributed by atoms with Crippen molar-refractivity contribution in [2.24, 2.45) is 5.92 Å². The van der Waals surface area contributed by atoms with Crippen molar-refractivity contribution in [3.63, 3.8) is 0 Å². The SMILES string of the molecule is Cc1nc(C)n(CC2CCCN(Cc3noc(C4CC4)n3)C2)n1. The fourth-order valence-electron chi connectivity index (χ4n) is 3.45. The van der Waals surface area contributed by atoms with E-state index in [0.717, 1.165) is 49.5 Å². The van der Waals surface area contributed by atoms with Gasteiger partial charge in [0.05, 0.1) is 6.54 Å². The molecule has 1 saturated carbocycles. The summed E-state index contributed by atoms with van der Waals surface area (Å²) < 4.78 is 7.41. The van der Waals surface area contributed by atoms with Crippen LogP contribution in [-0.4, -0.2) is 42.9 Å². The van der Waals surface area contributed by atoms with E-state index in [-0.39, 0.29) is 0 Å². The molecule has 2 aromatic heterocycles. The molecule has 7 nitrogen and oxygen atoms in total. The molecule has 1 aliphatic heterocycles. The van der Waals surface area contributed by atoms with E-state index in [1.54, 1.807) is 0 Å². The van der Waals surface area contributed by atoms with Crippen molar-refractivity contribution >= 4 is 0 Å². The van der Waals surface area contributed by atoms with Crippen LogP contribution in [0.3, 0.4) is 0 Å². The van der Waals surface area contributed by atoms with Crippen LogP contribution in [0.15, 0.2) is 4.52 Å². The lowest BCUT2D eigenvalue weighted by molar-refractivity contribution is 0.148. The van der Waals surface area contributed by atoms with Gasteiger partial charge in [0.2, 0.25) is 5.89 Å². The summed E-state index contributed by atoms with van der Waals surface area (Å²) in [6, 6.07) is 0. The molecule has 0 bridgehead atoms. The molecule has 3 heterocycles. The van der Waals surface area contributed by atoms with Crippen molar-refractivity contribution in [2.75, 3.05) is 13.1 Å². The second-order valence-corrected chi connectivity index (χ2v) is 6.95. The van der Waals surface area contributed by atoms with Crippen molar-refractivity contribution in [3.05, 3.63) is 23.4 Å². The Kier molecular flexibility index (Phi) is 3.88. The number of aromatic nitrogens is 5. The van der Waals surface area contributed by atoms with Crippen LogP contribution < -0.4 is 0 Å². The van der Waals surface area contributed by atoms with Crippen molar-refractivity contribution in [1.29, 1.82) is 0 Å². The Bertz CT molecular complexity index is 674. The Labute approximate surface area is 136 Å². The van der Waals surface area contributed by atoms with Gasteiger partial charge in [-0.25, -0.2) is 9.67 Å². The molecule has 2 fully saturated rings. The van der Waals surface area contributed by atoms with Gasteiger partial charge in [-0.15, -0.1) is 0 Å². The molecule has 0 spiro atoms. The topological polar surface area (TPSA) is 72.9 Å². The lowest BCUT2D eigenvalue weighted by atomic mass is 9.98. The summed E-state index contributed by atoms with van der Waals surface area (Å²) >= 11 is 0. The van der Waals surface area contributed by atoms with E-state index in [0.29, 0.717) is 11.8 Å². The van der Waals surface area contributed by atoms with Gasteiger partial charge < -0.3 is 4.52 Å². The third kappa shape index (κ3) is 3.44. The monoisotopic (exact) mass is 316 g/mol. The van der Waals surface area contributed by atoms with E-state index in [4.69, 9.17) is 4.52 Å². The molecule has 0 aromatic carbocycles. The molecule has 124 valence electrons. The average molecular weight is 316 g/mol. The summed E-state index contributed by atoms with van der Waals surface area (Å²) in [6.07, 6.45) is 4.85. The average Bonchev–Trinajstić information content (AvgIpc) is 3.19. The summed E-state index contributed by atoms with van der Waals surface area (Å²) in [4.78, 5) is 11.4. The summed E-state index contributed by atoms with van der Waals surface area (Å²) in [5.41, 5.74) is 0. The zero-order chi connectivity index (χ0) is 15.8. The van der Waals surface area contributed by atoms with Crippen LogP contribution in [0.25, 0.3) is 0 Å². The second-order valence-electron chi connectivity index (χ2n) is 6.95. The maximum absolute atomic E-state index is 5.36. The minimum atomic E-state index is 0.531. The third-order valence-corrected chi connectivity index (χ3v) is 4.77. The van der Waals surface area contributed by atoms with Crippen molar-refractivity contribution in [2.45, 2.75) is 58.5 Å². The number of hydrogen-bond acceptors (Lipinski definition) is 6. The summed E-state index contributed by atoms with van der Waals surface area (Å²) in [7, 11) is 0. The molecular weight excluding hydrogens is 292 g/mol. The maximum Gasteiger partial charge on any atom is 0.229 e.